The first-order chi connectivity index (χ1) is 12.7. The number of hydrogen-bond acceptors (Lipinski definition) is 4. The summed E-state index contributed by atoms with van der Waals surface area (Å²) in [5.74, 6) is 1.85. The minimum absolute atomic E-state index is 0.288. The summed E-state index contributed by atoms with van der Waals surface area (Å²) in [4.78, 5) is 26.0. The Labute approximate surface area is 154 Å². The molecule has 0 radical (unpaired) electrons. The Bertz CT molecular complexity index is 744. The zero-order valence-electron chi connectivity index (χ0n) is 15.4. The van der Waals surface area contributed by atoms with Crippen molar-refractivity contribution in [1.29, 1.82) is 0 Å². The normalized spacial score (nSPS) is 23.2. The second-order valence-corrected chi connectivity index (χ2v) is 7.62. The quantitative estimate of drug-likeness (QED) is 0.826. The van der Waals surface area contributed by atoms with Gasteiger partial charge in [0.25, 0.3) is 0 Å². The third kappa shape index (κ3) is 3.80. The maximum atomic E-state index is 12.9. The fraction of sp³-hybridized carbons (Fsp3) is 0.550. The average molecular weight is 353 g/mol. The molecule has 26 heavy (non-hydrogen) atoms. The van der Waals surface area contributed by atoms with E-state index >= 15 is 0 Å². The highest BCUT2D eigenvalue weighted by Gasteiger charge is 2.36. The van der Waals surface area contributed by atoms with E-state index < -0.39 is 0 Å². The molecule has 5 rings (SSSR count). The number of nitrogens with zero attached hydrogens (tertiary/aromatic N) is 5. The summed E-state index contributed by atoms with van der Waals surface area (Å²) in [5, 5.41) is 0. The van der Waals surface area contributed by atoms with Gasteiger partial charge in [-0.15, -0.1) is 0 Å². The first-order valence-corrected chi connectivity index (χ1v) is 9.57. The molecule has 2 bridgehead atoms. The molecule has 0 unspecified atom stereocenters. The highest BCUT2D eigenvalue weighted by molar-refractivity contribution is 5.76. The second-order valence-electron chi connectivity index (χ2n) is 7.62. The number of piperidine rings is 1. The Morgan fingerprint density at radius 3 is 2.92 bits per heavy atom. The van der Waals surface area contributed by atoms with Crippen molar-refractivity contribution in [2.75, 3.05) is 19.6 Å². The molecule has 1 amide bonds. The van der Waals surface area contributed by atoms with Crippen LogP contribution in [0.15, 0.2) is 36.9 Å². The van der Waals surface area contributed by atoms with Crippen LogP contribution in [0.25, 0.3) is 0 Å². The number of amides is 1. The van der Waals surface area contributed by atoms with E-state index in [4.69, 9.17) is 0 Å². The van der Waals surface area contributed by atoms with Crippen LogP contribution in [0.4, 0.5) is 0 Å². The van der Waals surface area contributed by atoms with Crippen molar-refractivity contribution in [2.24, 2.45) is 5.92 Å². The van der Waals surface area contributed by atoms with E-state index in [1.54, 1.807) is 6.20 Å². The molecule has 5 heterocycles. The van der Waals surface area contributed by atoms with Crippen LogP contribution in [0.3, 0.4) is 0 Å². The lowest BCUT2D eigenvalue weighted by molar-refractivity contribution is -0.135. The summed E-state index contributed by atoms with van der Waals surface area (Å²) in [7, 11) is 0. The fourth-order valence-electron chi connectivity index (χ4n) is 4.36. The molecule has 3 aliphatic rings. The molecule has 3 fully saturated rings. The minimum atomic E-state index is 0.288. The van der Waals surface area contributed by atoms with Crippen LogP contribution in [0.5, 0.6) is 0 Å². The second kappa shape index (κ2) is 7.58. The lowest BCUT2D eigenvalue weighted by atomic mass is 9.94. The highest BCUT2D eigenvalue weighted by Crippen LogP contribution is 2.29. The van der Waals surface area contributed by atoms with Gasteiger partial charge in [0.15, 0.2) is 0 Å². The fourth-order valence-corrected chi connectivity index (χ4v) is 4.36. The van der Waals surface area contributed by atoms with Crippen molar-refractivity contribution in [3.8, 4) is 0 Å². The van der Waals surface area contributed by atoms with Crippen molar-refractivity contribution in [1.82, 2.24) is 24.3 Å². The summed E-state index contributed by atoms with van der Waals surface area (Å²) in [6.07, 6.45) is 10.4. The van der Waals surface area contributed by atoms with Crippen LogP contribution >= 0.6 is 0 Å². The van der Waals surface area contributed by atoms with Crippen molar-refractivity contribution >= 4 is 5.91 Å². The zero-order valence-corrected chi connectivity index (χ0v) is 15.4. The summed E-state index contributed by atoms with van der Waals surface area (Å²) in [5.41, 5.74) is 1.25. The Kier molecular flexibility index (Phi) is 5.02. The van der Waals surface area contributed by atoms with E-state index in [2.05, 4.69) is 30.4 Å². The highest BCUT2D eigenvalue weighted by atomic mass is 16.2. The molecule has 2 atom stereocenters. The molecule has 0 aromatic carbocycles. The Morgan fingerprint density at radius 2 is 2.15 bits per heavy atom. The number of imidazole rings is 1. The molecule has 3 saturated heterocycles. The molecular formula is C20H27N5O. The molecule has 0 spiro atoms. The molecule has 0 aliphatic carbocycles. The van der Waals surface area contributed by atoms with Gasteiger partial charge in [-0.2, -0.15) is 0 Å². The van der Waals surface area contributed by atoms with Crippen LogP contribution < -0.4 is 0 Å². The van der Waals surface area contributed by atoms with E-state index in [1.807, 2.05) is 31.6 Å². The van der Waals surface area contributed by atoms with Crippen LogP contribution in [-0.4, -0.2) is 55.9 Å². The van der Waals surface area contributed by atoms with Gasteiger partial charge in [-0.3, -0.25) is 14.7 Å². The molecule has 2 aromatic rings. The number of hydrogen-bond donors (Lipinski definition) is 0. The number of fused-ring (bicyclic) bond motifs is 4. The van der Waals surface area contributed by atoms with Gasteiger partial charge >= 0.3 is 0 Å². The average Bonchev–Trinajstić information content (AvgIpc) is 2.87. The zero-order chi connectivity index (χ0) is 17.9. The number of rotatable bonds is 5. The Hall–Kier alpha value is -2.21. The molecule has 2 aromatic heterocycles. The van der Waals surface area contributed by atoms with Crippen LogP contribution in [0, 0.1) is 12.8 Å². The summed E-state index contributed by atoms with van der Waals surface area (Å²) in [6.45, 7) is 6.59. The third-order valence-corrected chi connectivity index (χ3v) is 5.73. The molecule has 0 N–H and O–H groups in total. The van der Waals surface area contributed by atoms with E-state index in [0.717, 1.165) is 45.0 Å². The number of carbonyl (C=O) groups is 1. The summed E-state index contributed by atoms with van der Waals surface area (Å²) in [6, 6.07) is 4.48. The van der Waals surface area contributed by atoms with Gasteiger partial charge in [0, 0.05) is 70.0 Å². The number of aryl methyl sites for hydroxylation is 2. The van der Waals surface area contributed by atoms with E-state index in [9.17, 15) is 4.79 Å². The van der Waals surface area contributed by atoms with Gasteiger partial charge in [0.05, 0.1) is 0 Å². The predicted molar refractivity (Wildman–Crippen MR) is 99.3 cm³/mol. The molecule has 6 heteroatoms. The largest absolute Gasteiger partial charge is 0.338 e. The van der Waals surface area contributed by atoms with E-state index in [-0.39, 0.29) is 5.91 Å². The maximum absolute atomic E-state index is 12.9. The van der Waals surface area contributed by atoms with Crippen LogP contribution in [0.2, 0.25) is 0 Å². The third-order valence-electron chi connectivity index (χ3n) is 5.73. The van der Waals surface area contributed by atoms with Gasteiger partial charge < -0.3 is 9.47 Å². The molecule has 3 aliphatic heterocycles. The first kappa shape index (κ1) is 17.2. The maximum Gasteiger partial charge on any atom is 0.224 e. The van der Waals surface area contributed by atoms with Crippen molar-refractivity contribution in [2.45, 2.75) is 45.3 Å². The summed E-state index contributed by atoms with van der Waals surface area (Å²) >= 11 is 0. The van der Waals surface area contributed by atoms with Gasteiger partial charge in [0.1, 0.15) is 5.82 Å². The number of pyridine rings is 1. The van der Waals surface area contributed by atoms with Gasteiger partial charge in [-0.25, -0.2) is 4.98 Å². The van der Waals surface area contributed by atoms with E-state index in [1.165, 1.54) is 12.0 Å². The lowest BCUT2D eigenvalue weighted by Crippen LogP contribution is -2.47. The minimum Gasteiger partial charge on any atom is -0.338 e. The SMILES string of the molecule is Cc1nccn1CCC(=O)N1C[C@H]2CC[C@@H]1CN(Cc1cccnc1)C2. The topological polar surface area (TPSA) is 54.3 Å². The van der Waals surface area contributed by atoms with Crippen molar-refractivity contribution < 1.29 is 4.79 Å². The van der Waals surface area contributed by atoms with Crippen LogP contribution in [0.1, 0.15) is 30.7 Å². The first-order valence-electron chi connectivity index (χ1n) is 9.57. The van der Waals surface area contributed by atoms with Crippen LogP contribution in [-0.2, 0) is 17.9 Å². The Morgan fingerprint density at radius 1 is 1.23 bits per heavy atom. The van der Waals surface area contributed by atoms with Crippen molar-refractivity contribution in [3.05, 3.63) is 48.3 Å². The lowest BCUT2D eigenvalue weighted by Gasteiger charge is -2.36. The van der Waals surface area contributed by atoms with Gasteiger partial charge in [-0.05, 0) is 37.3 Å². The predicted octanol–water partition coefficient (Wildman–Crippen LogP) is 2.10. The summed E-state index contributed by atoms with van der Waals surface area (Å²) < 4.78 is 2.06. The smallest absolute Gasteiger partial charge is 0.224 e. The number of aromatic nitrogens is 3. The van der Waals surface area contributed by atoms with Crippen molar-refractivity contribution in [3.63, 3.8) is 0 Å². The molecular weight excluding hydrogens is 326 g/mol. The number of carbonyl (C=O) groups excluding carboxylic acids is 1. The van der Waals surface area contributed by atoms with E-state index in [0.29, 0.717) is 18.4 Å². The molecule has 138 valence electrons. The molecule has 0 saturated carbocycles. The van der Waals surface area contributed by atoms with Gasteiger partial charge in [-0.1, -0.05) is 6.07 Å². The monoisotopic (exact) mass is 353 g/mol. The standard InChI is InChI=1S/C20H27N5O/c1-16-22-8-10-24(16)9-6-20(26)25-14-18-4-5-19(25)15-23(13-18)12-17-3-2-7-21-11-17/h2-3,7-8,10-11,18-19H,4-6,9,12-15H2,1H3/t18-,19+/m0/s1. The van der Waals surface area contributed by atoms with Gasteiger partial charge in [0.2, 0.25) is 5.91 Å². The molecule has 6 nitrogen and oxygen atoms in total. The Balaban J connectivity index is 1.38.